The van der Waals surface area contributed by atoms with E-state index in [1.165, 1.54) is 0 Å². The van der Waals surface area contributed by atoms with Crippen LogP contribution in [0.25, 0.3) is 0 Å². The molecule has 1 aromatic rings. The number of rotatable bonds is 2. The van der Waals surface area contributed by atoms with Gasteiger partial charge in [-0.1, -0.05) is 0 Å². The number of carbonyl (C=O) groups excluding carboxylic acids is 1. The maximum atomic E-state index is 12.1. The molecule has 0 unspecified atom stereocenters. The topological polar surface area (TPSA) is 49.9 Å². The number of aromatic nitrogens is 1. The average Bonchev–Trinajstić information content (AvgIpc) is 2.03. The van der Waals surface area contributed by atoms with Gasteiger partial charge in [-0.15, -0.1) is 0 Å². The van der Waals surface area contributed by atoms with E-state index in [0.29, 0.717) is 6.29 Å². The Balaban J connectivity index is 3.37. The molecule has 0 bridgehead atoms. The number of hydrogen-bond acceptors (Lipinski definition) is 2. The predicted molar refractivity (Wildman–Crippen MR) is 50.1 cm³/mol. The van der Waals surface area contributed by atoms with Gasteiger partial charge in [-0.3, -0.25) is 9.59 Å². The van der Waals surface area contributed by atoms with Crippen LogP contribution in [0.2, 0.25) is 0 Å². The SMILES string of the molecule is O=Cc1c(I)[nH]c(C(F)F)cc1=O. The standard InChI is InChI=1S/C7H4F2INO2/c8-6(9)4-1-5(13)3(2-12)7(10)11-4/h1-2,6H,(H,11,13). The van der Waals surface area contributed by atoms with Crippen molar-refractivity contribution in [3.8, 4) is 0 Å². The summed E-state index contributed by atoms with van der Waals surface area (Å²) in [5, 5.41) is 0. The molecule has 0 aliphatic carbocycles. The summed E-state index contributed by atoms with van der Waals surface area (Å²) in [5.41, 5.74) is -1.28. The number of nitrogens with one attached hydrogen (secondary N) is 1. The lowest BCUT2D eigenvalue weighted by atomic mass is 10.2. The fourth-order valence-electron chi connectivity index (χ4n) is 0.785. The number of carbonyl (C=O) groups is 1. The fourth-order valence-corrected chi connectivity index (χ4v) is 1.49. The lowest BCUT2D eigenvalue weighted by molar-refractivity contribution is 0.111. The van der Waals surface area contributed by atoms with Crippen molar-refractivity contribution in [3.05, 3.63) is 31.2 Å². The van der Waals surface area contributed by atoms with Crippen molar-refractivity contribution in [3.63, 3.8) is 0 Å². The molecule has 0 aromatic carbocycles. The first kappa shape index (κ1) is 10.3. The van der Waals surface area contributed by atoms with Crippen LogP contribution < -0.4 is 5.43 Å². The Morgan fingerprint density at radius 2 is 2.15 bits per heavy atom. The van der Waals surface area contributed by atoms with E-state index in [1.807, 2.05) is 0 Å². The van der Waals surface area contributed by atoms with Crippen LogP contribution in [-0.2, 0) is 0 Å². The molecule has 3 nitrogen and oxygen atoms in total. The summed E-state index contributed by atoms with van der Waals surface area (Å²) in [6, 6.07) is 0.733. The highest BCUT2D eigenvalue weighted by atomic mass is 127. The first-order valence-electron chi connectivity index (χ1n) is 3.22. The van der Waals surface area contributed by atoms with E-state index in [1.54, 1.807) is 22.6 Å². The Bertz CT molecular complexity index is 389. The monoisotopic (exact) mass is 299 g/mol. The lowest BCUT2D eigenvalue weighted by Crippen LogP contribution is -2.13. The van der Waals surface area contributed by atoms with Crippen molar-refractivity contribution in [1.82, 2.24) is 4.98 Å². The number of alkyl halides is 2. The molecule has 0 radical (unpaired) electrons. The Kier molecular flexibility index (Phi) is 3.12. The van der Waals surface area contributed by atoms with Gasteiger partial charge in [0.05, 0.1) is 15.0 Å². The molecule has 0 aliphatic rings. The Labute approximate surface area is 85.3 Å². The van der Waals surface area contributed by atoms with Crippen molar-refractivity contribution < 1.29 is 13.6 Å². The molecule has 1 rings (SSSR count). The van der Waals surface area contributed by atoms with Gasteiger partial charge in [0.2, 0.25) is 0 Å². The number of aromatic amines is 1. The van der Waals surface area contributed by atoms with Crippen LogP contribution in [0.4, 0.5) is 8.78 Å². The number of halogens is 3. The van der Waals surface area contributed by atoms with Crippen LogP contribution in [0.3, 0.4) is 0 Å². The second kappa shape index (κ2) is 3.95. The Hall–Kier alpha value is -0.790. The normalized spacial score (nSPS) is 10.5. The first-order chi connectivity index (χ1) is 6.06. The largest absolute Gasteiger partial charge is 0.348 e. The number of aldehydes is 1. The Morgan fingerprint density at radius 1 is 1.54 bits per heavy atom. The van der Waals surface area contributed by atoms with Gasteiger partial charge < -0.3 is 4.98 Å². The quantitative estimate of drug-likeness (QED) is 0.513. The first-order valence-corrected chi connectivity index (χ1v) is 4.30. The summed E-state index contributed by atoms with van der Waals surface area (Å²) in [5.74, 6) is 0. The molecule has 70 valence electrons. The summed E-state index contributed by atoms with van der Waals surface area (Å²) >= 11 is 1.62. The van der Waals surface area contributed by atoms with E-state index >= 15 is 0 Å². The minimum atomic E-state index is -2.73. The predicted octanol–water partition coefficient (Wildman–Crippen LogP) is 1.73. The molecule has 0 atom stereocenters. The van der Waals surface area contributed by atoms with E-state index in [4.69, 9.17) is 0 Å². The second-order valence-corrected chi connectivity index (χ2v) is 3.31. The Morgan fingerprint density at radius 3 is 2.54 bits per heavy atom. The molecular weight excluding hydrogens is 295 g/mol. The third-order valence-corrected chi connectivity index (χ3v) is 2.25. The van der Waals surface area contributed by atoms with E-state index in [2.05, 4.69) is 4.98 Å². The van der Waals surface area contributed by atoms with Gasteiger partial charge in [0, 0.05) is 6.07 Å². The maximum absolute atomic E-state index is 12.1. The van der Waals surface area contributed by atoms with Crippen LogP contribution in [0.1, 0.15) is 22.5 Å². The van der Waals surface area contributed by atoms with Crippen molar-refractivity contribution in [2.45, 2.75) is 6.43 Å². The van der Waals surface area contributed by atoms with E-state index < -0.39 is 17.5 Å². The number of H-pyrrole nitrogens is 1. The summed E-state index contributed by atoms with van der Waals surface area (Å²) < 4.78 is 24.3. The minimum Gasteiger partial charge on any atom is -0.348 e. The summed E-state index contributed by atoms with van der Waals surface area (Å²) in [7, 11) is 0. The van der Waals surface area contributed by atoms with E-state index in [0.717, 1.165) is 6.07 Å². The molecular formula is C7H4F2INO2. The van der Waals surface area contributed by atoms with Gasteiger partial charge in [-0.2, -0.15) is 0 Å². The van der Waals surface area contributed by atoms with Gasteiger partial charge in [0.1, 0.15) is 0 Å². The number of pyridine rings is 1. The van der Waals surface area contributed by atoms with Gasteiger partial charge in [0.25, 0.3) is 6.43 Å². The molecule has 0 saturated carbocycles. The molecule has 0 spiro atoms. The third kappa shape index (κ3) is 2.11. The highest BCUT2D eigenvalue weighted by molar-refractivity contribution is 14.1. The van der Waals surface area contributed by atoms with Gasteiger partial charge in [0.15, 0.2) is 11.7 Å². The van der Waals surface area contributed by atoms with Gasteiger partial charge >= 0.3 is 0 Å². The molecule has 13 heavy (non-hydrogen) atoms. The van der Waals surface area contributed by atoms with E-state index in [9.17, 15) is 18.4 Å². The van der Waals surface area contributed by atoms with Crippen LogP contribution in [0, 0.1) is 3.70 Å². The minimum absolute atomic E-state index is 0.120. The van der Waals surface area contributed by atoms with Gasteiger partial charge in [-0.05, 0) is 22.6 Å². The zero-order valence-corrected chi connectivity index (χ0v) is 8.34. The number of hydrogen-bond donors (Lipinski definition) is 1. The van der Waals surface area contributed by atoms with E-state index in [-0.39, 0.29) is 9.26 Å². The summed E-state index contributed by atoms with van der Waals surface area (Å²) in [6.07, 6.45) is -2.39. The average molecular weight is 299 g/mol. The smallest absolute Gasteiger partial charge is 0.278 e. The lowest BCUT2D eigenvalue weighted by Gasteiger charge is -2.01. The van der Waals surface area contributed by atoms with Crippen LogP contribution >= 0.6 is 22.6 Å². The summed E-state index contributed by atoms with van der Waals surface area (Å²) in [6.45, 7) is 0. The highest BCUT2D eigenvalue weighted by Crippen LogP contribution is 2.16. The molecule has 0 fully saturated rings. The zero-order chi connectivity index (χ0) is 10.0. The maximum Gasteiger partial charge on any atom is 0.278 e. The van der Waals surface area contributed by atoms with Crippen LogP contribution in [0.15, 0.2) is 10.9 Å². The molecule has 0 amide bonds. The van der Waals surface area contributed by atoms with Gasteiger partial charge in [-0.25, -0.2) is 8.78 Å². The van der Waals surface area contributed by atoms with Crippen molar-refractivity contribution >= 4 is 28.9 Å². The zero-order valence-electron chi connectivity index (χ0n) is 6.18. The second-order valence-electron chi connectivity index (χ2n) is 2.24. The molecule has 0 saturated heterocycles. The molecule has 1 aromatic heterocycles. The third-order valence-electron chi connectivity index (χ3n) is 1.40. The van der Waals surface area contributed by atoms with Crippen molar-refractivity contribution in [1.29, 1.82) is 0 Å². The van der Waals surface area contributed by atoms with Crippen molar-refractivity contribution in [2.75, 3.05) is 0 Å². The molecule has 6 heteroatoms. The molecule has 1 N–H and O–H groups in total. The summed E-state index contributed by atoms with van der Waals surface area (Å²) in [4.78, 5) is 23.6. The fraction of sp³-hybridized carbons (Fsp3) is 0.143. The molecule has 1 heterocycles. The van der Waals surface area contributed by atoms with Crippen LogP contribution in [-0.4, -0.2) is 11.3 Å². The molecule has 0 aliphatic heterocycles. The van der Waals surface area contributed by atoms with Crippen LogP contribution in [0.5, 0.6) is 0 Å². The highest BCUT2D eigenvalue weighted by Gasteiger charge is 2.12. The van der Waals surface area contributed by atoms with Crippen molar-refractivity contribution in [2.24, 2.45) is 0 Å².